The summed E-state index contributed by atoms with van der Waals surface area (Å²) >= 11 is 0. The molecule has 0 aliphatic rings. The molecule has 9 heteroatoms. The topological polar surface area (TPSA) is 109 Å². The molecule has 8 nitrogen and oxygen atoms in total. The molecule has 0 bridgehead atoms. The smallest absolute Gasteiger partial charge is 0.315 e. The first-order valence-electron chi connectivity index (χ1n) is 8.40. The van der Waals surface area contributed by atoms with Crippen LogP contribution in [0.2, 0.25) is 0 Å². The van der Waals surface area contributed by atoms with E-state index in [9.17, 15) is 13.2 Å². The second-order valence-corrected chi connectivity index (χ2v) is 7.68. The molecule has 0 saturated carbocycles. The Bertz CT molecular complexity index is 900. The van der Waals surface area contributed by atoms with Crippen molar-refractivity contribution in [2.24, 2.45) is 0 Å². The lowest BCUT2D eigenvalue weighted by molar-refractivity contribution is 0.240. The van der Waals surface area contributed by atoms with Crippen LogP contribution < -0.4 is 20.1 Å². The molecule has 146 valence electrons. The first kappa shape index (κ1) is 20.7. The summed E-state index contributed by atoms with van der Waals surface area (Å²) < 4.78 is 32.3. The molecular formula is C18H24N4O4S. The minimum Gasteiger partial charge on any atom is -0.481 e. The predicted octanol–water partition coefficient (Wildman–Crippen LogP) is 1.48. The highest BCUT2D eigenvalue weighted by atomic mass is 32.2. The first-order valence-corrected chi connectivity index (χ1v) is 9.88. The molecule has 27 heavy (non-hydrogen) atoms. The zero-order valence-electron chi connectivity index (χ0n) is 15.6. The Morgan fingerprint density at radius 3 is 2.67 bits per heavy atom. The van der Waals surface area contributed by atoms with Gasteiger partial charge >= 0.3 is 6.03 Å². The quantitative estimate of drug-likeness (QED) is 0.590. The second-order valence-electron chi connectivity index (χ2n) is 5.95. The summed E-state index contributed by atoms with van der Waals surface area (Å²) in [6.45, 7) is 4.06. The van der Waals surface area contributed by atoms with Crippen molar-refractivity contribution in [2.45, 2.75) is 25.3 Å². The normalized spacial score (nSPS) is 11.1. The van der Waals surface area contributed by atoms with Crippen molar-refractivity contribution in [3.05, 3.63) is 53.2 Å². The zero-order chi connectivity index (χ0) is 19.9. The van der Waals surface area contributed by atoms with E-state index in [4.69, 9.17) is 4.74 Å². The summed E-state index contributed by atoms with van der Waals surface area (Å²) in [5.41, 5.74) is 2.28. The van der Waals surface area contributed by atoms with Gasteiger partial charge in [-0.2, -0.15) is 0 Å². The van der Waals surface area contributed by atoms with Crippen LogP contribution in [0.5, 0.6) is 5.88 Å². The summed E-state index contributed by atoms with van der Waals surface area (Å²) in [5.74, 6) is 0.444. The highest BCUT2D eigenvalue weighted by Crippen LogP contribution is 2.16. The summed E-state index contributed by atoms with van der Waals surface area (Å²) in [5, 5.41) is 5.27. The maximum absolute atomic E-state index is 12.4. The summed E-state index contributed by atoms with van der Waals surface area (Å²) in [6.07, 6.45) is 1.60. The Morgan fingerprint density at radius 1 is 1.15 bits per heavy atom. The van der Waals surface area contributed by atoms with Gasteiger partial charge < -0.3 is 15.4 Å². The molecular weight excluding hydrogens is 368 g/mol. The van der Waals surface area contributed by atoms with Crippen molar-refractivity contribution < 1.29 is 17.9 Å². The van der Waals surface area contributed by atoms with Crippen molar-refractivity contribution in [1.29, 1.82) is 0 Å². The highest BCUT2D eigenvalue weighted by molar-refractivity contribution is 7.89. The van der Waals surface area contributed by atoms with E-state index in [1.807, 2.05) is 13.0 Å². The van der Waals surface area contributed by atoms with Crippen molar-refractivity contribution in [3.8, 4) is 5.88 Å². The molecule has 0 unspecified atom stereocenters. The Labute approximate surface area is 159 Å². The van der Waals surface area contributed by atoms with Crippen LogP contribution >= 0.6 is 0 Å². The van der Waals surface area contributed by atoms with Crippen molar-refractivity contribution in [2.75, 3.05) is 20.2 Å². The maximum atomic E-state index is 12.4. The van der Waals surface area contributed by atoms with Gasteiger partial charge in [0.15, 0.2) is 0 Å². The minimum atomic E-state index is -3.62. The van der Waals surface area contributed by atoms with E-state index in [1.165, 1.54) is 7.11 Å². The van der Waals surface area contributed by atoms with Gasteiger partial charge in [-0.05, 0) is 37.1 Å². The number of amides is 2. The van der Waals surface area contributed by atoms with Crippen LogP contribution in [-0.2, 0) is 16.6 Å². The molecule has 1 heterocycles. The van der Waals surface area contributed by atoms with Crippen LogP contribution in [0.3, 0.4) is 0 Å². The average molecular weight is 392 g/mol. The number of sulfonamides is 1. The molecule has 0 fully saturated rings. The SMILES string of the molecule is COc1ncccc1CNC(=O)NCCNS(=O)(=O)c1cc(C)ccc1C. The molecule has 1 aromatic carbocycles. The number of ether oxygens (including phenoxy) is 1. The Hall–Kier alpha value is -2.65. The Morgan fingerprint density at radius 2 is 1.93 bits per heavy atom. The number of urea groups is 1. The third-order valence-corrected chi connectivity index (χ3v) is 5.42. The van der Waals surface area contributed by atoms with E-state index in [2.05, 4.69) is 20.3 Å². The lowest BCUT2D eigenvalue weighted by Crippen LogP contribution is -2.40. The molecule has 3 N–H and O–H groups in total. The monoisotopic (exact) mass is 392 g/mol. The van der Waals surface area contributed by atoms with Crippen molar-refractivity contribution in [1.82, 2.24) is 20.3 Å². The standard InChI is InChI=1S/C18H24N4O4S/c1-13-6-7-14(2)16(11-13)27(24,25)22-10-9-20-18(23)21-12-15-5-4-8-19-17(15)26-3/h4-8,11,22H,9-10,12H2,1-3H3,(H2,20,21,23). The number of hydrogen-bond donors (Lipinski definition) is 3. The largest absolute Gasteiger partial charge is 0.481 e. The third-order valence-electron chi connectivity index (χ3n) is 3.82. The fraction of sp³-hybridized carbons (Fsp3) is 0.333. The molecule has 0 atom stereocenters. The average Bonchev–Trinajstić information content (AvgIpc) is 2.65. The van der Waals surface area contributed by atoms with Crippen molar-refractivity contribution >= 4 is 16.1 Å². The Kier molecular flexibility index (Phi) is 7.14. The lowest BCUT2D eigenvalue weighted by Gasteiger charge is -2.12. The van der Waals surface area contributed by atoms with Gasteiger partial charge in [-0.3, -0.25) is 0 Å². The molecule has 0 spiro atoms. The van der Waals surface area contributed by atoms with E-state index in [0.29, 0.717) is 11.4 Å². The molecule has 0 radical (unpaired) electrons. The van der Waals surface area contributed by atoms with Gasteiger partial charge in [0, 0.05) is 31.4 Å². The molecule has 1 aromatic heterocycles. The number of pyridine rings is 1. The second kappa shape index (κ2) is 9.33. The minimum absolute atomic E-state index is 0.0827. The molecule has 2 amide bonds. The first-order chi connectivity index (χ1) is 12.8. The fourth-order valence-corrected chi connectivity index (χ4v) is 3.78. The fourth-order valence-electron chi connectivity index (χ4n) is 2.42. The van der Waals surface area contributed by atoms with Gasteiger partial charge in [0.2, 0.25) is 15.9 Å². The number of methoxy groups -OCH3 is 1. The van der Waals surface area contributed by atoms with E-state index < -0.39 is 16.1 Å². The molecule has 0 saturated heterocycles. The predicted molar refractivity (Wildman–Crippen MR) is 102 cm³/mol. The van der Waals surface area contributed by atoms with E-state index >= 15 is 0 Å². The number of aryl methyl sites for hydroxylation is 2. The van der Waals surface area contributed by atoms with Crippen LogP contribution in [0.15, 0.2) is 41.4 Å². The molecule has 2 rings (SSSR count). The van der Waals surface area contributed by atoms with Gasteiger partial charge in [-0.1, -0.05) is 18.2 Å². The molecule has 0 aliphatic carbocycles. The van der Waals surface area contributed by atoms with Gasteiger partial charge in [-0.15, -0.1) is 0 Å². The van der Waals surface area contributed by atoms with E-state index in [-0.39, 0.29) is 24.5 Å². The highest BCUT2D eigenvalue weighted by Gasteiger charge is 2.16. The molecule has 0 aliphatic heterocycles. The number of carbonyl (C=O) groups excluding carboxylic acids is 1. The Balaban J connectivity index is 1.79. The number of benzene rings is 1. The van der Waals surface area contributed by atoms with Gasteiger partial charge in [0.1, 0.15) is 0 Å². The number of nitrogens with zero attached hydrogens (tertiary/aromatic N) is 1. The molecule has 2 aromatic rings. The summed E-state index contributed by atoms with van der Waals surface area (Å²) in [4.78, 5) is 16.1. The van der Waals surface area contributed by atoms with Crippen LogP contribution in [0.4, 0.5) is 4.79 Å². The maximum Gasteiger partial charge on any atom is 0.315 e. The third kappa shape index (κ3) is 5.93. The van der Waals surface area contributed by atoms with Crippen molar-refractivity contribution in [3.63, 3.8) is 0 Å². The number of nitrogens with one attached hydrogen (secondary N) is 3. The number of hydrogen-bond acceptors (Lipinski definition) is 5. The summed E-state index contributed by atoms with van der Waals surface area (Å²) in [7, 11) is -2.11. The van der Waals surface area contributed by atoms with Gasteiger partial charge in [0.05, 0.1) is 12.0 Å². The summed E-state index contributed by atoms with van der Waals surface area (Å²) in [6, 6.07) is 8.38. The van der Waals surface area contributed by atoms with E-state index in [0.717, 1.165) is 11.1 Å². The lowest BCUT2D eigenvalue weighted by atomic mass is 10.2. The van der Waals surface area contributed by atoms with Crippen LogP contribution in [0.25, 0.3) is 0 Å². The van der Waals surface area contributed by atoms with E-state index in [1.54, 1.807) is 37.4 Å². The number of aromatic nitrogens is 1. The van der Waals surface area contributed by atoms with Gasteiger partial charge in [0.25, 0.3) is 0 Å². The van der Waals surface area contributed by atoms with Crippen LogP contribution in [0.1, 0.15) is 16.7 Å². The number of rotatable bonds is 8. The van der Waals surface area contributed by atoms with Crippen LogP contribution in [0, 0.1) is 13.8 Å². The number of carbonyl (C=O) groups is 1. The zero-order valence-corrected chi connectivity index (χ0v) is 16.4. The van der Waals surface area contributed by atoms with Gasteiger partial charge in [-0.25, -0.2) is 22.9 Å². The van der Waals surface area contributed by atoms with Crippen LogP contribution in [-0.4, -0.2) is 39.6 Å².